The van der Waals surface area contributed by atoms with Crippen LogP contribution in [0.1, 0.15) is 21.0 Å². The maximum absolute atomic E-state index is 11.0. The average Bonchev–Trinajstić information content (AvgIpc) is 2.12. The molecule has 1 aromatic rings. The number of amides is 2. The topological polar surface area (TPSA) is 84.6 Å². The van der Waals surface area contributed by atoms with Gasteiger partial charge in [0, 0.05) is 0 Å². The van der Waals surface area contributed by atoms with Crippen molar-refractivity contribution in [2.75, 3.05) is 0 Å². The summed E-state index contributed by atoms with van der Waals surface area (Å²) in [5, 5.41) is 6.21. The lowest BCUT2D eigenvalue weighted by atomic mass is 10.2. The minimum Gasteiger partial charge on any atom is -0.263 e. The Labute approximate surface area is 80.2 Å². The quantitative estimate of drug-likeness (QED) is 0.677. The molecule has 0 saturated heterocycles. The highest BCUT2D eigenvalue weighted by atomic mass is 79.9. The number of fused-ring (bicyclic) bond motifs is 1. The zero-order chi connectivity index (χ0) is 9.42. The largest absolute Gasteiger partial charge is 0.316 e. The van der Waals surface area contributed by atoms with Crippen molar-refractivity contribution in [2.45, 2.75) is 0 Å². The first kappa shape index (κ1) is 8.11. The average molecular weight is 241 g/mol. The van der Waals surface area contributed by atoms with Gasteiger partial charge in [0.25, 0.3) is 0 Å². The monoisotopic (exact) mass is 240 g/mol. The first-order valence-electron chi connectivity index (χ1n) is 3.21. The van der Waals surface area contributed by atoms with Gasteiger partial charge < -0.3 is 0 Å². The van der Waals surface area contributed by atoms with E-state index < -0.39 is 11.8 Å². The van der Waals surface area contributed by atoms with Crippen molar-refractivity contribution >= 4 is 27.7 Å². The fourth-order valence-corrected chi connectivity index (χ4v) is 1.14. The lowest BCUT2D eigenvalue weighted by Crippen LogP contribution is -2.15. The van der Waals surface area contributed by atoms with E-state index in [2.05, 4.69) is 36.1 Å². The molecule has 0 fully saturated rings. The molecule has 7 heteroatoms. The molecule has 1 aliphatic heterocycles. The van der Waals surface area contributed by atoms with Crippen LogP contribution < -0.4 is 0 Å². The zero-order valence-electron chi connectivity index (χ0n) is 6.06. The number of hydrogen-bond donors (Lipinski definition) is 0. The second kappa shape index (κ2) is 2.77. The van der Waals surface area contributed by atoms with Gasteiger partial charge in [-0.2, -0.15) is 0 Å². The Morgan fingerprint density at radius 2 is 1.69 bits per heavy atom. The number of rotatable bonds is 0. The van der Waals surface area contributed by atoms with Gasteiger partial charge in [0.05, 0.1) is 6.20 Å². The second-order valence-corrected chi connectivity index (χ2v) is 3.01. The van der Waals surface area contributed by atoms with E-state index in [-0.39, 0.29) is 11.4 Å². The highest BCUT2D eigenvalue weighted by Gasteiger charge is 2.25. The van der Waals surface area contributed by atoms with E-state index in [0.29, 0.717) is 4.60 Å². The van der Waals surface area contributed by atoms with E-state index in [1.807, 2.05) is 0 Å². The van der Waals surface area contributed by atoms with Crippen LogP contribution in [0.4, 0.5) is 0 Å². The third kappa shape index (κ3) is 1.26. The van der Waals surface area contributed by atoms with Crippen molar-refractivity contribution in [3.8, 4) is 0 Å². The van der Waals surface area contributed by atoms with Crippen LogP contribution in [0.2, 0.25) is 0 Å². The predicted octanol–water partition coefficient (Wildman–Crippen LogP) is 0.985. The number of hydrogen-bond acceptors (Lipinski definition) is 4. The molecule has 2 heterocycles. The summed E-state index contributed by atoms with van der Waals surface area (Å²) in [5.41, 5.74) is -0.113. The van der Waals surface area contributed by atoms with Crippen LogP contribution in [0.5, 0.6) is 0 Å². The lowest BCUT2D eigenvalue weighted by Gasteiger charge is -2.03. The molecule has 0 atom stereocenters. The summed E-state index contributed by atoms with van der Waals surface area (Å²) in [6.45, 7) is 0. The molecule has 13 heavy (non-hydrogen) atoms. The minimum atomic E-state index is -0.650. The van der Waals surface area contributed by atoms with Gasteiger partial charge in [-0.25, -0.2) is 9.97 Å². The summed E-state index contributed by atoms with van der Waals surface area (Å²) in [5.74, 6) is -1.29. The van der Waals surface area contributed by atoms with Crippen LogP contribution in [0.25, 0.3) is 0 Å². The van der Waals surface area contributed by atoms with Gasteiger partial charge in [0.1, 0.15) is 4.60 Å². The van der Waals surface area contributed by atoms with E-state index in [1.165, 1.54) is 6.20 Å². The second-order valence-electron chi connectivity index (χ2n) is 2.20. The third-order valence-electron chi connectivity index (χ3n) is 1.38. The Morgan fingerprint density at radius 1 is 1.08 bits per heavy atom. The van der Waals surface area contributed by atoms with Gasteiger partial charge in [-0.3, -0.25) is 9.59 Å². The van der Waals surface area contributed by atoms with Gasteiger partial charge in [-0.15, -0.1) is 10.2 Å². The summed E-state index contributed by atoms with van der Waals surface area (Å²) >= 11 is 3.03. The molecule has 0 radical (unpaired) electrons. The van der Waals surface area contributed by atoms with Gasteiger partial charge >= 0.3 is 11.8 Å². The zero-order valence-corrected chi connectivity index (χ0v) is 7.65. The van der Waals surface area contributed by atoms with E-state index in [9.17, 15) is 9.59 Å². The van der Waals surface area contributed by atoms with Gasteiger partial charge in [-0.1, -0.05) is 0 Å². The van der Waals surface area contributed by atoms with Crippen LogP contribution in [0.3, 0.4) is 0 Å². The maximum atomic E-state index is 11.0. The Morgan fingerprint density at radius 3 is 2.38 bits per heavy atom. The molecule has 64 valence electrons. The molecule has 6 nitrogen and oxygen atoms in total. The molecule has 1 aromatic heterocycles. The van der Waals surface area contributed by atoms with Gasteiger partial charge in [-0.05, 0) is 15.9 Å². The molecule has 0 bridgehead atoms. The van der Waals surface area contributed by atoms with E-state index in [4.69, 9.17) is 0 Å². The molecular formula is C6HBrN4O2. The van der Waals surface area contributed by atoms with Crippen LogP contribution in [-0.4, -0.2) is 21.8 Å². The van der Waals surface area contributed by atoms with Crippen LogP contribution in [0.15, 0.2) is 21.0 Å². The smallest absolute Gasteiger partial charge is 0.263 e. The molecule has 0 aromatic carbocycles. The Kier molecular flexibility index (Phi) is 1.73. The Balaban J connectivity index is 2.69. The number of nitrogens with zero attached hydrogens (tertiary/aromatic N) is 4. The first-order chi connectivity index (χ1) is 6.18. The highest BCUT2D eigenvalue weighted by molar-refractivity contribution is 9.10. The van der Waals surface area contributed by atoms with Gasteiger partial charge in [0.15, 0.2) is 11.4 Å². The molecule has 1 aliphatic rings. The fourth-order valence-electron chi connectivity index (χ4n) is 0.859. The van der Waals surface area contributed by atoms with Crippen LogP contribution in [-0.2, 0) is 0 Å². The number of carbonyl (C=O) groups excluding carboxylic acids is 2. The lowest BCUT2D eigenvalue weighted by molar-refractivity contribution is 0.0912. The molecule has 2 amide bonds. The number of azo groups is 1. The van der Waals surface area contributed by atoms with Crippen molar-refractivity contribution in [1.82, 2.24) is 9.97 Å². The van der Waals surface area contributed by atoms with Crippen molar-refractivity contribution < 1.29 is 9.59 Å². The SMILES string of the molecule is O=C1N=NC(=O)c2nc(Br)cnc21. The number of carbonyl (C=O) groups is 2. The standard InChI is InChI=1S/C6HBrN4O2/c7-2-1-8-3-4(9-2)6(13)11-10-5(3)12/h1H. The highest BCUT2D eigenvalue weighted by Crippen LogP contribution is 2.15. The Hall–Kier alpha value is -1.50. The van der Waals surface area contributed by atoms with E-state index in [0.717, 1.165) is 0 Å². The van der Waals surface area contributed by atoms with Crippen molar-refractivity contribution in [1.29, 1.82) is 0 Å². The number of aromatic nitrogens is 2. The molecular weight excluding hydrogens is 240 g/mol. The summed E-state index contributed by atoms with van der Waals surface area (Å²) in [4.78, 5) is 29.6. The summed E-state index contributed by atoms with van der Waals surface area (Å²) in [6.07, 6.45) is 1.32. The maximum Gasteiger partial charge on any atom is 0.316 e. The molecule has 0 unspecified atom stereocenters. The Bertz CT molecular complexity index is 442. The summed E-state index contributed by atoms with van der Waals surface area (Å²) in [7, 11) is 0. The fraction of sp³-hybridized carbons (Fsp3) is 0. The van der Waals surface area contributed by atoms with E-state index in [1.54, 1.807) is 0 Å². The molecule has 0 N–H and O–H groups in total. The van der Waals surface area contributed by atoms with Crippen molar-refractivity contribution in [2.24, 2.45) is 10.2 Å². The molecule has 0 saturated carbocycles. The normalized spacial score (nSPS) is 14.5. The predicted molar refractivity (Wildman–Crippen MR) is 43.2 cm³/mol. The minimum absolute atomic E-state index is 0.0526. The van der Waals surface area contributed by atoms with Crippen LogP contribution >= 0.6 is 15.9 Å². The van der Waals surface area contributed by atoms with Crippen molar-refractivity contribution in [3.05, 3.63) is 22.2 Å². The summed E-state index contributed by atoms with van der Waals surface area (Å²) < 4.78 is 0.379. The number of halogens is 1. The first-order valence-corrected chi connectivity index (χ1v) is 4.01. The van der Waals surface area contributed by atoms with Crippen LogP contribution in [0, 0.1) is 0 Å². The van der Waals surface area contributed by atoms with E-state index >= 15 is 0 Å². The summed E-state index contributed by atoms with van der Waals surface area (Å²) in [6, 6.07) is 0. The third-order valence-corrected chi connectivity index (χ3v) is 1.76. The van der Waals surface area contributed by atoms with Crippen molar-refractivity contribution in [3.63, 3.8) is 0 Å². The molecule has 0 aliphatic carbocycles. The molecule has 0 spiro atoms. The van der Waals surface area contributed by atoms with Gasteiger partial charge in [0.2, 0.25) is 0 Å². The molecule has 2 rings (SSSR count).